The molecule has 0 aliphatic carbocycles. The van der Waals surface area contributed by atoms with Crippen molar-refractivity contribution in [2.75, 3.05) is 33.3 Å². The maximum absolute atomic E-state index is 11.7. The second-order valence-electron chi connectivity index (χ2n) is 4.43. The molecule has 0 amide bonds. The van der Waals surface area contributed by atoms with Crippen molar-refractivity contribution in [2.24, 2.45) is 5.92 Å². The molecule has 2 aliphatic rings. The first-order valence-corrected chi connectivity index (χ1v) is 5.85. The summed E-state index contributed by atoms with van der Waals surface area (Å²) >= 11 is 0. The van der Waals surface area contributed by atoms with Gasteiger partial charge in [0.05, 0.1) is 13.0 Å². The molecule has 4 heteroatoms. The fourth-order valence-corrected chi connectivity index (χ4v) is 2.73. The Morgan fingerprint density at radius 3 is 2.80 bits per heavy atom. The normalized spacial score (nSPS) is 32.9. The minimum absolute atomic E-state index is 0.0339. The van der Waals surface area contributed by atoms with E-state index >= 15 is 0 Å². The number of hydrogen-bond donors (Lipinski definition) is 1. The summed E-state index contributed by atoms with van der Waals surface area (Å²) in [7, 11) is 1.49. The lowest BCUT2D eigenvalue weighted by atomic mass is 9.91. The van der Waals surface area contributed by atoms with Crippen LogP contribution in [-0.4, -0.2) is 50.2 Å². The zero-order chi connectivity index (χ0) is 10.7. The van der Waals surface area contributed by atoms with Gasteiger partial charge in [-0.05, 0) is 38.9 Å². The van der Waals surface area contributed by atoms with Gasteiger partial charge in [0.1, 0.15) is 0 Å². The van der Waals surface area contributed by atoms with Gasteiger partial charge in [-0.15, -0.1) is 0 Å². The van der Waals surface area contributed by atoms with E-state index < -0.39 is 0 Å². The highest BCUT2D eigenvalue weighted by Gasteiger charge is 2.36. The number of rotatable bonds is 2. The number of likely N-dealkylation sites (tertiary alicyclic amines) is 1. The van der Waals surface area contributed by atoms with E-state index in [0.717, 1.165) is 32.6 Å². The van der Waals surface area contributed by atoms with Crippen LogP contribution < -0.4 is 5.32 Å². The monoisotopic (exact) mass is 212 g/mol. The Bertz CT molecular complexity index is 227. The third-order valence-electron chi connectivity index (χ3n) is 3.56. The van der Waals surface area contributed by atoms with Crippen LogP contribution in [0.2, 0.25) is 0 Å². The molecule has 0 aromatic heterocycles. The standard InChI is InChI=1S/C11H20N2O2/c1-15-11(14)9-4-5-12-8-10(9)13-6-2-3-7-13/h9-10,12H,2-8H2,1H3. The molecule has 2 heterocycles. The third kappa shape index (κ3) is 2.32. The Labute approximate surface area is 91.0 Å². The number of methoxy groups -OCH3 is 1. The average molecular weight is 212 g/mol. The van der Waals surface area contributed by atoms with E-state index in [4.69, 9.17) is 4.74 Å². The van der Waals surface area contributed by atoms with Gasteiger partial charge in [0.25, 0.3) is 0 Å². The van der Waals surface area contributed by atoms with Gasteiger partial charge in [0.2, 0.25) is 0 Å². The Kier molecular flexibility index (Phi) is 3.59. The van der Waals surface area contributed by atoms with Crippen LogP contribution in [0.1, 0.15) is 19.3 Å². The Morgan fingerprint density at radius 2 is 2.13 bits per heavy atom. The van der Waals surface area contributed by atoms with Crippen LogP contribution in [0.5, 0.6) is 0 Å². The lowest BCUT2D eigenvalue weighted by molar-refractivity contribution is -0.148. The molecule has 4 nitrogen and oxygen atoms in total. The molecule has 2 aliphatic heterocycles. The quantitative estimate of drug-likeness (QED) is 0.665. The van der Waals surface area contributed by atoms with Crippen LogP contribution in [0.25, 0.3) is 0 Å². The van der Waals surface area contributed by atoms with E-state index in [1.807, 2.05) is 0 Å². The van der Waals surface area contributed by atoms with Crippen LogP contribution in [0.15, 0.2) is 0 Å². The molecule has 0 saturated carbocycles. The third-order valence-corrected chi connectivity index (χ3v) is 3.56. The van der Waals surface area contributed by atoms with Crippen molar-refractivity contribution in [2.45, 2.75) is 25.3 Å². The van der Waals surface area contributed by atoms with Gasteiger partial charge in [-0.2, -0.15) is 0 Å². The zero-order valence-electron chi connectivity index (χ0n) is 9.37. The number of esters is 1. The van der Waals surface area contributed by atoms with Gasteiger partial charge in [-0.3, -0.25) is 9.69 Å². The topological polar surface area (TPSA) is 41.6 Å². The summed E-state index contributed by atoms with van der Waals surface area (Å²) in [5.74, 6) is 0.0442. The summed E-state index contributed by atoms with van der Waals surface area (Å²) in [6, 6.07) is 0.355. The molecule has 1 N–H and O–H groups in total. The van der Waals surface area contributed by atoms with Crippen molar-refractivity contribution < 1.29 is 9.53 Å². The fourth-order valence-electron chi connectivity index (χ4n) is 2.73. The van der Waals surface area contributed by atoms with Crippen molar-refractivity contribution in [1.29, 1.82) is 0 Å². The van der Waals surface area contributed by atoms with Crippen molar-refractivity contribution in [3.8, 4) is 0 Å². The van der Waals surface area contributed by atoms with Gasteiger partial charge in [-0.25, -0.2) is 0 Å². The van der Waals surface area contributed by atoms with E-state index in [1.54, 1.807) is 0 Å². The second kappa shape index (κ2) is 4.94. The highest BCUT2D eigenvalue weighted by atomic mass is 16.5. The smallest absolute Gasteiger partial charge is 0.310 e. The molecule has 2 unspecified atom stereocenters. The molecular weight excluding hydrogens is 192 g/mol. The molecule has 0 radical (unpaired) electrons. The molecule has 2 atom stereocenters. The van der Waals surface area contributed by atoms with Crippen molar-refractivity contribution >= 4 is 5.97 Å². The first-order valence-electron chi connectivity index (χ1n) is 5.85. The predicted octanol–water partition coefficient (Wildman–Crippen LogP) is 0.233. The summed E-state index contributed by atoms with van der Waals surface area (Å²) in [6.07, 6.45) is 3.45. The lowest BCUT2D eigenvalue weighted by Crippen LogP contribution is -2.52. The molecule has 0 aromatic rings. The fraction of sp³-hybridized carbons (Fsp3) is 0.909. The highest BCUT2D eigenvalue weighted by molar-refractivity contribution is 5.73. The van der Waals surface area contributed by atoms with Gasteiger partial charge < -0.3 is 10.1 Å². The molecule has 0 spiro atoms. The van der Waals surface area contributed by atoms with E-state index in [9.17, 15) is 4.79 Å². The van der Waals surface area contributed by atoms with E-state index in [-0.39, 0.29) is 11.9 Å². The Balaban J connectivity index is 2.01. The number of piperidine rings is 1. The number of nitrogens with one attached hydrogen (secondary N) is 1. The minimum Gasteiger partial charge on any atom is -0.469 e. The average Bonchev–Trinajstić information content (AvgIpc) is 2.81. The maximum atomic E-state index is 11.7. The summed E-state index contributed by atoms with van der Waals surface area (Å²) in [4.78, 5) is 14.1. The predicted molar refractivity (Wildman–Crippen MR) is 57.6 cm³/mol. The molecule has 2 saturated heterocycles. The first-order chi connectivity index (χ1) is 7.33. The molecule has 15 heavy (non-hydrogen) atoms. The van der Waals surface area contributed by atoms with Crippen LogP contribution in [0.3, 0.4) is 0 Å². The van der Waals surface area contributed by atoms with Gasteiger partial charge in [-0.1, -0.05) is 0 Å². The highest BCUT2D eigenvalue weighted by Crippen LogP contribution is 2.23. The summed E-state index contributed by atoms with van der Waals surface area (Å²) in [6.45, 7) is 4.14. The van der Waals surface area contributed by atoms with E-state index in [0.29, 0.717) is 6.04 Å². The summed E-state index contributed by atoms with van der Waals surface area (Å²) < 4.78 is 4.89. The van der Waals surface area contributed by atoms with Gasteiger partial charge in [0.15, 0.2) is 0 Å². The van der Waals surface area contributed by atoms with Crippen LogP contribution in [-0.2, 0) is 9.53 Å². The summed E-state index contributed by atoms with van der Waals surface area (Å²) in [5, 5.41) is 3.37. The number of ether oxygens (including phenoxy) is 1. The number of hydrogen-bond acceptors (Lipinski definition) is 4. The minimum atomic E-state index is -0.0339. The van der Waals surface area contributed by atoms with Gasteiger partial charge in [0, 0.05) is 12.6 Å². The van der Waals surface area contributed by atoms with Crippen LogP contribution in [0, 0.1) is 5.92 Å². The summed E-state index contributed by atoms with van der Waals surface area (Å²) in [5.41, 5.74) is 0. The largest absolute Gasteiger partial charge is 0.469 e. The molecular formula is C11H20N2O2. The molecule has 0 aromatic carbocycles. The van der Waals surface area contributed by atoms with Crippen molar-refractivity contribution in [1.82, 2.24) is 10.2 Å². The van der Waals surface area contributed by atoms with Crippen molar-refractivity contribution in [3.05, 3.63) is 0 Å². The SMILES string of the molecule is COC(=O)C1CCNCC1N1CCCC1. The first kappa shape index (κ1) is 10.9. The molecule has 2 fully saturated rings. The van der Waals surface area contributed by atoms with Gasteiger partial charge >= 0.3 is 5.97 Å². The Morgan fingerprint density at radius 1 is 1.40 bits per heavy atom. The van der Waals surface area contributed by atoms with Crippen LogP contribution >= 0.6 is 0 Å². The molecule has 2 rings (SSSR count). The molecule has 86 valence electrons. The number of nitrogens with zero attached hydrogens (tertiary/aromatic N) is 1. The Hall–Kier alpha value is -0.610. The van der Waals surface area contributed by atoms with E-state index in [2.05, 4.69) is 10.2 Å². The van der Waals surface area contributed by atoms with Crippen LogP contribution in [0.4, 0.5) is 0 Å². The van der Waals surface area contributed by atoms with E-state index in [1.165, 1.54) is 20.0 Å². The number of carbonyl (C=O) groups is 1. The van der Waals surface area contributed by atoms with Crippen molar-refractivity contribution in [3.63, 3.8) is 0 Å². The number of carbonyl (C=O) groups excluding carboxylic acids is 1. The maximum Gasteiger partial charge on any atom is 0.310 e. The second-order valence-corrected chi connectivity index (χ2v) is 4.43. The zero-order valence-corrected chi connectivity index (χ0v) is 9.37. The lowest BCUT2D eigenvalue weighted by Gasteiger charge is -2.36. The molecule has 0 bridgehead atoms.